The molecule has 0 heterocycles. The van der Waals surface area contributed by atoms with E-state index in [1.165, 1.54) is 10.6 Å². The predicted molar refractivity (Wildman–Crippen MR) is 110 cm³/mol. The van der Waals surface area contributed by atoms with Crippen LogP contribution >= 0.6 is 15.9 Å². The molecule has 2 rings (SSSR count). The molecule has 0 aliphatic heterocycles. The van der Waals surface area contributed by atoms with Crippen LogP contribution in [0.15, 0.2) is 46.9 Å². The van der Waals surface area contributed by atoms with Gasteiger partial charge in [-0.3, -0.25) is 9.10 Å². The summed E-state index contributed by atoms with van der Waals surface area (Å²) in [5, 5.41) is 2.81. The number of nitrogens with zero attached hydrogens (tertiary/aromatic N) is 1. The van der Waals surface area contributed by atoms with Gasteiger partial charge in [0, 0.05) is 23.1 Å². The van der Waals surface area contributed by atoms with Crippen molar-refractivity contribution in [1.29, 1.82) is 0 Å². The first-order chi connectivity index (χ1) is 12.2. The van der Waals surface area contributed by atoms with E-state index in [1.807, 2.05) is 44.2 Å². The number of halogens is 1. The minimum Gasteiger partial charge on any atom is -0.326 e. The first-order valence-electron chi connectivity index (χ1n) is 8.27. The second-order valence-electron chi connectivity index (χ2n) is 6.27. The third-order valence-corrected chi connectivity index (χ3v) is 5.74. The van der Waals surface area contributed by atoms with E-state index in [1.54, 1.807) is 12.1 Å². The lowest BCUT2D eigenvalue weighted by atomic mass is 10.1. The fourth-order valence-electron chi connectivity index (χ4n) is 2.54. The summed E-state index contributed by atoms with van der Waals surface area (Å²) in [5.41, 5.74) is 3.47. The van der Waals surface area contributed by atoms with Gasteiger partial charge < -0.3 is 5.32 Å². The van der Waals surface area contributed by atoms with Crippen molar-refractivity contribution in [3.63, 3.8) is 0 Å². The number of benzene rings is 2. The number of amides is 1. The summed E-state index contributed by atoms with van der Waals surface area (Å²) < 4.78 is 26.5. The highest BCUT2D eigenvalue weighted by Gasteiger charge is 2.18. The predicted octanol–water partition coefficient (Wildman–Crippen LogP) is 4.25. The van der Waals surface area contributed by atoms with E-state index in [0.29, 0.717) is 17.8 Å². The van der Waals surface area contributed by atoms with Gasteiger partial charge in [0.2, 0.25) is 15.9 Å². The first kappa shape index (κ1) is 20.5. The average Bonchev–Trinajstić information content (AvgIpc) is 2.53. The average molecular weight is 439 g/mol. The summed E-state index contributed by atoms with van der Waals surface area (Å²) in [6.45, 7) is 4.19. The summed E-state index contributed by atoms with van der Waals surface area (Å²) in [7, 11) is -3.41. The van der Waals surface area contributed by atoms with Gasteiger partial charge in [-0.2, -0.15) is 0 Å². The Bertz CT molecular complexity index is 897. The third-order valence-electron chi connectivity index (χ3n) is 4.05. The molecule has 2 aromatic carbocycles. The third kappa shape index (κ3) is 5.85. The molecule has 0 bridgehead atoms. The molecule has 0 saturated heterocycles. The van der Waals surface area contributed by atoms with Gasteiger partial charge in [-0.25, -0.2) is 8.42 Å². The van der Waals surface area contributed by atoms with Crippen LogP contribution in [-0.2, 0) is 14.8 Å². The van der Waals surface area contributed by atoms with Crippen molar-refractivity contribution in [3.8, 4) is 0 Å². The smallest absolute Gasteiger partial charge is 0.232 e. The largest absolute Gasteiger partial charge is 0.326 e. The summed E-state index contributed by atoms with van der Waals surface area (Å²) in [6.07, 6.45) is 1.85. The maximum Gasteiger partial charge on any atom is 0.232 e. The van der Waals surface area contributed by atoms with Crippen molar-refractivity contribution in [3.05, 3.63) is 58.1 Å². The molecule has 1 amide bonds. The Labute approximate surface area is 163 Å². The molecule has 0 aliphatic rings. The zero-order valence-electron chi connectivity index (χ0n) is 15.1. The highest BCUT2D eigenvalue weighted by Crippen LogP contribution is 2.22. The molecular weight excluding hydrogens is 416 g/mol. The van der Waals surface area contributed by atoms with E-state index in [-0.39, 0.29) is 18.9 Å². The number of carbonyl (C=O) groups excluding carboxylic acids is 1. The Morgan fingerprint density at radius 1 is 1.12 bits per heavy atom. The van der Waals surface area contributed by atoms with Crippen molar-refractivity contribution in [2.45, 2.75) is 26.7 Å². The van der Waals surface area contributed by atoms with E-state index < -0.39 is 10.0 Å². The van der Waals surface area contributed by atoms with Gasteiger partial charge in [0.25, 0.3) is 0 Å². The molecule has 0 unspecified atom stereocenters. The molecule has 7 heteroatoms. The maximum absolute atomic E-state index is 12.2. The van der Waals surface area contributed by atoms with Crippen LogP contribution in [0, 0.1) is 13.8 Å². The number of nitrogens with one attached hydrogen (secondary N) is 1. The Morgan fingerprint density at radius 2 is 1.85 bits per heavy atom. The van der Waals surface area contributed by atoms with Crippen molar-refractivity contribution in [2.24, 2.45) is 0 Å². The zero-order valence-corrected chi connectivity index (χ0v) is 17.5. The quantitative estimate of drug-likeness (QED) is 0.702. The lowest BCUT2D eigenvalue weighted by Crippen LogP contribution is -2.31. The normalized spacial score (nSPS) is 11.2. The van der Waals surface area contributed by atoms with Gasteiger partial charge in [-0.05, 0) is 61.7 Å². The topological polar surface area (TPSA) is 66.5 Å². The number of rotatable bonds is 7. The number of aryl methyl sites for hydroxylation is 2. The Hall–Kier alpha value is -1.86. The standard InChI is InChI=1S/C19H23BrN2O3S/c1-14-9-10-18(12-15(14)2)22(26(3,24)25)11-5-8-19(23)21-17-7-4-6-16(20)13-17/h4,6-7,9-10,12-13H,5,8,11H2,1-3H3,(H,21,23). The van der Waals surface area contributed by atoms with Gasteiger partial charge in [-0.1, -0.05) is 28.1 Å². The molecule has 0 atom stereocenters. The zero-order chi connectivity index (χ0) is 19.3. The minimum atomic E-state index is -3.41. The van der Waals surface area contributed by atoms with Gasteiger partial charge in [-0.15, -0.1) is 0 Å². The molecule has 2 aromatic rings. The summed E-state index contributed by atoms with van der Waals surface area (Å²) in [6, 6.07) is 12.9. The molecular formula is C19H23BrN2O3S. The summed E-state index contributed by atoms with van der Waals surface area (Å²) in [5.74, 6) is -0.142. The van der Waals surface area contributed by atoms with Gasteiger partial charge >= 0.3 is 0 Å². The number of sulfonamides is 1. The lowest BCUT2D eigenvalue weighted by Gasteiger charge is -2.23. The fourth-order valence-corrected chi connectivity index (χ4v) is 3.90. The van der Waals surface area contributed by atoms with Crippen LogP contribution in [0.5, 0.6) is 0 Å². The highest BCUT2D eigenvalue weighted by atomic mass is 79.9. The van der Waals surface area contributed by atoms with Crippen molar-refractivity contribution < 1.29 is 13.2 Å². The molecule has 0 radical (unpaired) electrons. The Morgan fingerprint density at radius 3 is 2.46 bits per heavy atom. The Kier molecular flexibility index (Phi) is 6.83. The van der Waals surface area contributed by atoms with Crippen LogP contribution in [0.25, 0.3) is 0 Å². The molecule has 0 spiro atoms. The van der Waals surface area contributed by atoms with Crippen molar-refractivity contribution in [1.82, 2.24) is 0 Å². The maximum atomic E-state index is 12.2. The second-order valence-corrected chi connectivity index (χ2v) is 9.09. The van der Waals surface area contributed by atoms with Gasteiger partial charge in [0.05, 0.1) is 11.9 Å². The van der Waals surface area contributed by atoms with Crippen molar-refractivity contribution >= 4 is 43.2 Å². The second kappa shape index (κ2) is 8.68. The fraction of sp³-hybridized carbons (Fsp3) is 0.316. The minimum absolute atomic E-state index is 0.142. The molecule has 5 nitrogen and oxygen atoms in total. The number of anilines is 2. The van der Waals surface area contributed by atoms with E-state index >= 15 is 0 Å². The molecule has 0 aliphatic carbocycles. The van der Waals surface area contributed by atoms with Crippen LogP contribution < -0.4 is 9.62 Å². The number of hydrogen-bond acceptors (Lipinski definition) is 3. The molecule has 0 fully saturated rings. The summed E-state index contributed by atoms with van der Waals surface area (Å²) >= 11 is 3.36. The monoisotopic (exact) mass is 438 g/mol. The Balaban J connectivity index is 1.99. The molecule has 1 N–H and O–H groups in total. The molecule has 0 saturated carbocycles. The van der Waals surface area contributed by atoms with Crippen LogP contribution in [0.3, 0.4) is 0 Å². The molecule has 140 valence electrons. The van der Waals surface area contributed by atoms with Crippen LogP contribution in [0.4, 0.5) is 11.4 Å². The van der Waals surface area contributed by atoms with Gasteiger partial charge in [0.1, 0.15) is 0 Å². The van der Waals surface area contributed by atoms with Gasteiger partial charge in [0.15, 0.2) is 0 Å². The van der Waals surface area contributed by atoms with E-state index in [4.69, 9.17) is 0 Å². The van der Waals surface area contributed by atoms with Crippen molar-refractivity contribution in [2.75, 3.05) is 22.4 Å². The van der Waals surface area contributed by atoms with Crippen LogP contribution in [0.1, 0.15) is 24.0 Å². The molecule has 0 aromatic heterocycles. The first-order valence-corrected chi connectivity index (χ1v) is 10.9. The van der Waals surface area contributed by atoms with Crippen LogP contribution in [0.2, 0.25) is 0 Å². The lowest BCUT2D eigenvalue weighted by molar-refractivity contribution is -0.116. The van der Waals surface area contributed by atoms with Crippen LogP contribution in [-0.4, -0.2) is 27.1 Å². The number of hydrogen-bond donors (Lipinski definition) is 1. The SMILES string of the molecule is Cc1ccc(N(CCCC(=O)Nc2cccc(Br)c2)S(C)(=O)=O)cc1C. The molecule has 26 heavy (non-hydrogen) atoms. The highest BCUT2D eigenvalue weighted by molar-refractivity contribution is 9.10. The van der Waals surface area contributed by atoms with E-state index in [0.717, 1.165) is 15.6 Å². The van der Waals surface area contributed by atoms with E-state index in [9.17, 15) is 13.2 Å². The van der Waals surface area contributed by atoms with E-state index in [2.05, 4.69) is 21.2 Å². The summed E-state index contributed by atoms with van der Waals surface area (Å²) in [4.78, 5) is 12.1. The number of carbonyl (C=O) groups is 1.